The quantitative estimate of drug-likeness (QED) is 0.740. The molecule has 0 bridgehead atoms. The van der Waals surface area contributed by atoms with Crippen molar-refractivity contribution in [3.63, 3.8) is 0 Å². The van der Waals surface area contributed by atoms with Gasteiger partial charge in [0, 0.05) is 22.5 Å². The molecule has 3 aromatic rings. The highest BCUT2D eigenvalue weighted by Gasteiger charge is 2.16. The molecular formula is C19H17Cl2N3O2. The van der Waals surface area contributed by atoms with Crippen LogP contribution in [0.25, 0.3) is 10.8 Å². The van der Waals surface area contributed by atoms with E-state index in [1.54, 1.807) is 43.4 Å². The van der Waals surface area contributed by atoms with Crippen LogP contribution < -0.4 is 10.9 Å². The summed E-state index contributed by atoms with van der Waals surface area (Å²) in [5.74, 6) is -0.209. The summed E-state index contributed by atoms with van der Waals surface area (Å²) in [5.41, 5.74) is 1.14. The van der Waals surface area contributed by atoms with Gasteiger partial charge in [0.2, 0.25) is 5.91 Å². The van der Waals surface area contributed by atoms with Gasteiger partial charge < -0.3 is 5.32 Å². The number of nitrogens with zero attached hydrogens (tertiary/aromatic N) is 2. The number of hydrogen-bond donors (Lipinski definition) is 1. The van der Waals surface area contributed by atoms with Crippen LogP contribution in [0.3, 0.4) is 0 Å². The second-order valence-electron chi connectivity index (χ2n) is 6.05. The Kier molecular flexibility index (Phi) is 5.30. The van der Waals surface area contributed by atoms with Gasteiger partial charge in [0.25, 0.3) is 5.56 Å². The van der Waals surface area contributed by atoms with Gasteiger partial charge in [-0.25, -0.2) is 4.68 Å². The second-order valence-corrected chi connectivity index (χ2v) is 6.90. The minimum atomic E-state index is -0.286. The fraction of sp³-hybridized carbons (Fsp3) is 0.211. The van der Waals surface area contributed by atoms with Crippen LogP contribution in [0.15, 0.2) is 47.3 Å². The highest BCUT2D eigenvalue weighted by atomic mass is 35.5. The van der Waals surface area contributed by atoms with Crippen molar-refractivity contribution in [3.05, 3.63) is 74.1 Å². The topological polar surface area (TPSA) is 64.0 Å². The molecule has 0 aliphatic heterocycles. The number of carbonyl (C=O) groups is 1. The van der Waals surface area contributed by atoms with Gasteiger partial charge in [0.15, 0.2) is 0 Å². The SMILES string of the molecule is C[C@@H](NC(=O)Cc1nn(C)c(=O)c2ccccc12)c1ccc(Cl)cc1Cl. The zero-order valence-corrected chi connectivity index (χ0v) is 15.8. The molecule has 3 rings (SSSR count). The summed E-state index contributed by atoms with van der Waals surface area (Å²) in [6.07, 6.45) is 0.0597. The Morgan fingerprint density at radius 3 is 2.58 bits per heavy atom. The van der Waals surface area contributed by atoms with Crippen molar-refractivity contribution < 1.29 is 4.79 Å². The van der Waals surface area contributed by atoms with E-state index in [1.165, 1.54) is 4.68 Å². The van der Waals surface area contributed by atoms with Crippen molar-refractivity contribution in [3.8, 4) is 0 Å². The molecule has 2 aromatic carbocycles. The van der Waals surface area contributed by atoms with Crippen molar-refractivity contribution in [2.75, 3.05) is 0 Å². The van der Waals surface area contributed by atoms with Gasteiger partial charge >= 0.3 is 0 Å². The number of benzene rings is 2. The minimum Gasteiger partial charge on any atom is -0.349 e. The molecule has 0 aliphatic carbocycles. The lowest BCUT2D eigenvalue weighted by Crippen LogP contribution is -2.30. The maximum atomic E-state index is 12.5. The highest BCUT2D eigenvalue weighted by molar-refractivity contribution is 6.35. The third-order valence-corrected chi connectivity index (χ3v) is 4.73. The molecule has 0 fully saturated rings. The number of hydrogen-bond acceptors (Lipinski definition) is 3. The van der Waals surface area contributed by atoms with Crippen molar-refractivity contribution in [1.82, 2.24) is 15.1 Å². The molecule has 1 atom stereocenters. The largest absolute Gasteiger partial charge is 0.349 e. The maximum Gasteiger partial charge on any atom is 0.274 e. The molecule has 1 heterocycles. The van der Waals surface area contributed by atoms with Gasteiger partial charge in [-0.15, -0.1) is 0 Å². The molecule has 0 aliphatic rings. The van der Waals surface area contributed by atoms with E-state index in [2.05, 4.69) is 10.4 Å². The van der Waals surface area contributed by atoms with Crippen LogP contribution in [-0.4, -0.2) is 15.7 Å². The first-order chi connectivity index (χ1) is 12.4. The second kappa shape index (κ2) is 7.48. The third-order valence-electron chi connectivity index (χ3n) is 4.17. The van der Waals surface area contributed by atoms with E-state index in [1.807, 2.05) is 13.0 Å². The van der Waals surface area contributed by atoms with Gasteiger partial charge in [0.1, 0.15) is 0 Å². The molecule has 1 aromatic heterocycles. The molecule has 0 radical (unpaired) electrons. The standard InChI is InChI=1S/C19H17Cl2N3O2/c1-11(13-8-7-12(20)9-16(13)21)22-18(25)10-17-14-5-3-4-6-15(14)19(26)24(2)23-17/h3-9,11H,10H2,1-2H3,(H,22,25)/t11-/m1/s1. The lowest BCUT2D eigenvalue weighted by molar-refractivity contribution is -0.121. The lowest BCUT2D eigenvalue weighted by atomic mass is 10.1. The molecule has 1 N–H and O–H groups in total. The van der Waals surface area contributed by atoms with Crippen LogP contribution in [-0.2, 0) is 18.3 Å². The van der Waals surface area contributed by atoms with E-state index in [0.717, 1.165) is 5.56 Å². The Morgan fingerprint density at radius 1 is 1.19 bits per heavy atom. The number of fused-ring (bicyclic) bond motifs is 1. The lowest BCUT2D eigenvalue weighted by Gasteiger charge is -2.16. The minimum absolute atomic E-state index is 0.0597. The van der Waals surface area contributed by atoms with Crippen LogP contribution in [0.5, 0.6) is 0 Å². The molecule has 26 heavy (non-hydrogen) atoms. The fourth-order valence-electron chi connectivity index (χ4n) is 2.88. The van der Waals surface area contributed by atoms with Crippen molar-refractivity contribution in [1.29, 1.82) is 0 Å². The number of carbonyl (C=O) groups excluding carboxylic acids is 1. The summed E-state index contributed by atoms with van der Waals surface area (Å²) >= 11 is 12.1. The van der Waals surface area contributed by atoms with Gasteiger partial charge in [0.05, 0.1) is 23.5 Å². The van der Waals surface area contributed by atoms with E-state index in [9.17, 15) is 9.59 Å². The summed E-state index contributed by atoms with van der Waals surface area (Å²) in [4.78, 5) is 24.7. The van der Waals surface area contributed by atoms with Crippen molar-refractivity contribution in [2.45, 2.75) is 19.4 Å². The average molecular weight is 390 g/mol. The number of aryl methyl sites for hydroxylation is 1. The van der Waals surface area contributed by atoms with Gasteiger partial charge in [-0.2, -0.15) is 5.10 Å². The van der Waals surface area contributed by atoms with E-state index < -0.39 is 0 Å². The van der Waals surface area contributed by atoms with Gasteiger partial charge in [-0.1, -0.05) is 47.5 Å². The first kappa shape index (κ1) is 18.4. The number of halogens is 2. The molecule has 5 nitrogen and oxygen atoms in total. The van der Waals surface area contributed by atoms with Crippen LogP contribution in [0, 0.1) is 0 Å². The van der Waals surface area contributed by atoms with E-state index in [0.29, 0.717) is 26.5 Å². The summed E-state index contributed by atoms with van der Waals surface area (Å²) < 4.78 is 1.25. The normalized spacial score (nSPS) is 12.2. The average Bonchev–Trinajstić information content (AvgIpc) is 2.59. The van der Waals surface area contributed by atoms with Crippen molar-refractivity contribution in [2.24, 2.45) is 7.05 Å². The van der Waals surface area contributed by atoms with Crippen LogP contribution in [0.4, 0.5) is 0 Å². The summed E-state index contributed by atoms with van der Waals surface area (Å²) in [6.45, 7) is 1.85. The molecule has 0 saturated heterocycles. The van der Waals surface area contributed by atoms with Crippen LogP contribution in [0.1, 0.15) is 24.2 Å². The zero-order chi connectivity index (χ0) is 18.8. The van der Waals surface area contributed by atoms with Crippen LogP contribution >= 0.6 is 23.2 Å². The first-order valence-electron chi connectivity index (χ1n) is 8.06. The Labute approximate surface area is 160 Å². The summed E-state index contributed by atoms with van der Waals surface area (Å²) in [7, 11) is 1.58. The smallest absolute Gasteiger partial charge is 0.274 e. The molecule has 1 amide bonds. The highest BCUT2D eigenvalue weighted by Crippen LogP contribution is 2.26. The number of amides is 1. The predicted octanol–water partition coefficient (Wildman–Crippen LogP) is 3.66. The molecular weight excluding hydrogens is 373 g/mol. The Hall–Kier alpha value is -2.37. The monoisotopic (exact) mass is 389 g/mol. The Bertz CT molecular complexity index is 1050. The zero-order valence-electron chi connectivity index (χ0n) is 14.3. The molecule has 134 valence electrons. The van der Waals surface area contributed by atoms with Crippen LogP contribution in [0.2, 0.25) is 10.0 Å². The number of nitrogens with one attached hydrogen (secondary N) is 1. The van der Waals surface area contributed by atoms with E-state index in [4.69, 9.17) is 23.2 Å². The van der Waals surface area contributed by atoms with E-state index in [-0.39, 0.29) is 23.9 Å². The Balaban J connectivity index is 1.83. The molecule has 0 unspecified atom stereocenters. The van der Waals surface area contributed by atoms with Crippen molar-refractivity contribution >= 4 is 39.9 Å². The fourth-order valence-corrected chi connectivity index (χ4v) is 3.45. The summed E-state index contributed by atoms with van der Waals surface area (Å²) in [5, 5.41) is 9.42. The van der Waals surface area contributed by atoms with Gasteiger partial charge in [-0.05, 0) is 30.7 Å². The summed E-state index contributed by atoms with van der Waals surface area (Å²) in [6, 6.07) is 12.0. The van der Waals surface area contributed by atoms with E-state index >= 15 is 0 Å². The number of aromatic nitrogens is 2. The number of rotatable bonds is 4. The Morgan fingerprint density at radius 2 is 1.88 bits per heavy atom. The van der Waals surface area contributed by atoms with Gasteiger partial charge in [-0.3, -0.25) is 9.59 Å². The third kappa shape index (κ3) is 3.74. The first-order valence-corrected chi connectivity index (χ1v) is 8.81. The molecule has 0 spiro atoms. The molecule has 0 saturated carbocycles. The predicted molar refractivity (Wildman–Crippen MR) is 104 cm³/mol. The maximum absolute atomic E-state index is 12.5. The molecule has 7 heteroatoms.